The van der Waals surface area contributed by atoms with Gasteiger partial charge in [0.1, 0.15) is 11.4 Å². The lowest BCUT2D eigenvalue weighted by atomic mass is 10.1. The summed E-state index contributed by atoms with van der Waals surface area (Å²) in [6.07, 6.45) is 3.54. The van der Waals surface area contributed by atoms with Crippen molar-refractivity contribution in [2.24, 2.45) is 0 Å². The molecule has 0 fully saturated rings. The quantitative estimate of drug-likeness (QED) is 0.0551. The summed E-state index contributed by atoms with van der Waals surface area (Å²) in [5.41, 5.74) is 4.64. The van der Waals surface area contributed by atoms with Gasteiger partial charge in [-0.1, -0.05) is 89.3 Å². The van der Waals surface area contributed by atoms with Gasteiger partial charge in [-0.3, -0.25) is 19.7 Å². The molecule has 0 bridgehead atoms. The summed E-state index contributed by atoms with van der Waals surface area (Å²) in [4.78, 5) is 35.0. The largest absolute Gasteiger partial charge is 0.325 e. The zero-order chi connectivity index (χ0) is 45.6. The number of benzene rings is 4. The van der Waals surface area contributed by atoms with E-state index in [-0.39, 0.29) is 66.8 Å². The van der Waals surface area contributed by atoms with Crippen LogP contribution < -0.4 is 20.1 Å². The molecule has 0 unspecified atom stereocenters. The number of amides is 2. The van der Waals surface area contributed by atoms with Crippen molar-refractivity contribution < 1.29 is 31.3 Å². The molecule has 332 valence electrons. The Bertz CT molecular complexity index is 2720. The first-order chi connectivity index (χ1) is 30.0. The van der Waals surface area contributed by atoms with Crippen LogP contribution in [0.2, 0.25) is 0 Å². The smallest absolute Gasteiger partial charge is 0.269 e. The molecular weight excluding hydrogens is 851 g/mol. The van der Waals surface area contributed by atoms with Crippen LogP contribution in [0.3, 0.4) is 0 Å². The fourth-order valence-electron chi connectivity index (χ4n) is 5.88. The molecule has 0 aliphatic rings. The number of nitrogens with one attached hydrogen (secondary N) is 4. The standard InChI is InChI=1S/C21H24N6O5S.C21H25N5O3S/c1-15(2)26-13-20(24-25-26)18-8-3-4-9-19(18)23-21(28)10-11-22-33(31,32)14-16-6-5-7-17(12-16)27(29)30;1-16(2)26-14-20(24-25-26)18-10-6-7-11-19(18)23-21(27)12-13-22-30(28,29)15-17-8-4-3-5-9-17/h3-9,12-13,15,22H,10-11,14H2,1-2H3,(H,23,28);3-11,14,16,22H,12-13,15H2,1-2H3,(H,23,27). The number of rotatable bonds is 19. The molecule has 2 heterocycles. The van der Waals surface area contributed by atoms with Gasteiger partial charge < -0.3 is 10.6 Å². The Morgan fingerprint density at radius 3 is 1.49 bits per heavy atom. The van der Waals surface area contributed by atoms with Crippen molar-refractivity contribution in [3.8, 4) is 22.5 Å². The maximum atomic E-state index is 12.4. The lowest BCUT2D eigenvalue weighted by molar-refractivity contribution is -0.384. The van der Waals surface area contributed by atoms with E-state index in [1.165, 1.54) is 24.3 Å². The molecule has 0 radical (unpaired) electrons. The van der Waals surface area contributed by atoms with Crippen molar-refractivity contribution in [3.05, 3.63) is 137 Å². The Morgan fingerprint density at radius 1 is 0.619 bits per heavy atom. The number of carbonyl (C=O) groups is 2. The van der Waals surface area contributed by atoms with Gasteiger partial charge in [0.2, 0.25) is 31.9 Å². The lowest BCUT2D eigenvalue weighted by Gasteiger charge is -2.10. The molecule has 4 N–H and O–H groups in total. The van der Waals surface area contributed by atoms with Crippen LogP contribution in [0.1, 0.15) is 63.7 Å². The Labute approximate surface area is 365 Å². The van der Waals surface area contributed by atoms with Crippen LogP contribution in [0, 0.1) is 10.1 Å². The highest BCUT2D eigenvalue weighted by Gasteiger charge is 2.18. The minimum Gasteiger partial charge on any atom is -0.325 e. The van der Waals surface area contributed by atoms with Crippen LogP contribution in [-0.2, 0) is 41.1 Å². The second-order valence-corrected chi connectivity index (χ2v) is 18.4. The molecule has 0 aliphatic carbocycles. The molecule has 0 atom stereocenters. The number of nitrogens with zero attached hydrogens (tertiary/aromatic N) is 7. The maximum Gasteiger partial charge on any atom is 0.269 e. The second-order valence-electron chi connectivity index (χ2n) is 14.8. The van der Waals surface area contributed by atoms with E-state index < -0.39 is 30.7 Å². The van der Waals surface area contributed by atoms with Gasteiger partial charge in [0, 0.05) is 61.3 Å². The van der Waals surface area contributed by atoms with Gasteiger partial charge in [-0.15, -0.1) is 10.2 Å². The minimum absolute atomic E-state index is 0.0149. The first-order valence-corrected chi connectivity index (χ1v) is 23.1. The van der Waals surface area contributed by atoms with Crippen molar-refractivity contribution >= 4 is 48.9 Å². The molecule has 0 aliphatic heterocycles. The number of para-hydroxylation sites is 2. The molecule has 0 spiro atoms. The summed E-state index contributed by atoms with van der Waals surface area (Å²) < 4.78 is 57.2. The number of anilines is 2. The minimum atomic E-state index is -3.78. The van der Waals surface area contributed by atoms with Gasteiger partial charge in [-0.2, -0.15) is 0 Å². The summed E-state index contributed by atoms with van der Waals surface area (Å²) in [6.45, 7) is 7.87. The van der Waals surface area contributed by atoms with E-state index in [0.29, 0.717) is 33.9 Å². The third kappa shape index (κ3) is 14.7. The van der Waals surface area contributed by atoms with Crippen LogP contribution in [0.15, 0.2) is 116 Å². The SMILES string of the molecule is CC(C)n1cc(-c2ccccc2NC(=O)CCNS(=O)(=O)Cc2cccc([N+](=O)[O-])c2)nn1.CC(C)n1cc(-c2ccccc2NC(=O)CCNS(=O)(=O)Cc2ccccc2)nn1. The summed E-state index contributed by atoms with van der Waals surface area (Å²) in [7, 11) is -7.29. The van der Waals surface area contributed by atoms with Gasteiger partial charge in [-0.05, 0) is 51.0 Å². The summed E-state index contributed by atoms with van der Waals surface area (Å²) in [5.74, 6) is -1.22. The van der Waals surface area contributed by atoms with Gasteiger partial charge in [-0.25, -0.2) is 35.6 Å². The zero-order valence-electron chi connectivity index (χ0n) is 35.1. The number of carbonyl (C=O) groups excluding carboxylic acids is 2. The summed E-state index contributed by atoms with van der Waals surface area (Å²) in [5, 5.41) is 33.0. The van der Waals surface area contributed by atoms with Crippen LogP contribution in [0.4, 0.5) is 17.1 Å². The second kappa shape index (κ2) is 21.9. The Morgan fingerprint density at radius 2 is 1.05 bits per heavy atom. The highest BCUT2D eigenvalue weighted by atomic mass is 32.2. The van der Waals surface area contributed by atoms with Crippen molar-refractivity contribution in [1.82, 2.24) is 39.4 Å². The van der Waals surface area contributed by atoms with Crippen LogP contribution in [0.25, 0.3) is 22.5 Å². The molecule has 2 aromatic heterocycles. The van der Waals surface area contributed by atoms with Crippen LogP contribution >= 0.6 is 0 Å². The van der Waals surface area contributed by atoms with E-state index in [0.717, 1.165) is 5.56 Å². The highest BCUT2D eigenvalue weighted by molar-refractivity contribution is 7.88. The predicted molar refractivity (Wildman–Crippen MR) is 239 cm³/mol. The van der Waals surface area contributed by atoms with Gasteiger partial charge >= 0.3 is 0 Å². The van der Waals surface area contributed by atoms with E-state index in [9.17, 15) is 36.5 Å². The zero-order valence-corrected chi connectivity index (χ0v) is 36.7. The molecule has 4 aromatic carbocycles. The van der Waals surface area contributed by atoms with Crippen LogP contribution in [0.5, 0.6) is 0 Å². The Hall–Kier alpha value is -6.68. The topological polar surface area (TPSA) is 255 Å². The average molecular weight is 900 g/mol. The van der Waals surface area contributed by atoms with E-state index in [1.807, 2.05) is 70.3 Å². The fourth-order valence-corrected chi connectivity index (χ4v) is 8.16. The number of hydrogen-bond donors (Lipinski definition) is 4. The number of non-ortho nitro benzene ring substituents is 1. The van der Waals surface area contributed by atoms with Crippen molar-refractivity contribution in [2.45, 2.75) is 64.1 Å². The normalized spacial score (nSPS) is 11.5. The molecular formula is C42H49N11O8S2. The van der Waals surface area contributed by atoms with Gasteiger partial charge in [0.05, 0.1) is 40.2 Å². The maximum absolute atomic E-state index is 12.4. The third-order valence-electron chi connectivity index (χ3n) is 9.06. The Kier molecular flexibility index (Phi) is 16.5. The van der Waals surface area contributed by atoms with Crippen molar-refractivity contribution in [3.63, 3.8) is 0 Å². The van der Waals surface area contributed by atoms with Crippen LogP contribution in [-0.4, -0.2) is 76.7 Å². The Balaban J connectivity index is 0.000000239. The first kappa shape index (κ1) is 47.4. The average Bonchev–Trinajstić information content (AvgIpc) is 3.94. The molecule has 21 heteroatoms. The number of nitro benzene ring substituents is 1. The van der Waals surface area contributed by atoms with E-state index in [2.05, 4.69) is 40.7 Å². The number of nitro groups is 1. The van der Waals surface area contributed by atoms with Gasteiger partial charge in [0.15, 0.2) is 0 Å². The molecule has 2 amide bonds. The molecule has 6 aromatic rings. The van der Waals surface area contributed by atoms with Gasteiger partial charge in [0.25, 0.3) is 5.69 Å². The van der Waals surface area contributed by atoms with E-state index in [1.54, 1.807) is 58.0 Å². The van der Waals surface area contributed by atoms with Crippen molar-refractivity contribution in [2.75, 3.05) is 23.7 Å². The number of hydrogen-bond acceptors (Lipinski definition) is 12. The number of sulfonamides is 2. The summed E-state index contributed by atoms with van der Waals surface area (Å²) >= 11 is 0. The molecule has 0 saturated heterocycles. The summed E-state index contributed by atoms with van der Waals surface area (Å²) in [6, 6.07) is 29.1. The van der Waals surface area contributed by atoms with E-state index >= 15 is 0 Å². The monoisotopic (exact) mass is 899 g/mol. The fraction of sp³-hybridized carbons (Fsp3) is 0.286. The predicted octanol–water partition coefficient (Wildman–Crippen LogP) is 5.86. The molecule has 6 rings (SSSR count). The molecule has 0 saturated carbocycles. The lowest BCUT2D eigenvalue weighted by Crippen LogP contribution is -2.29. The third-order valence-corrected chi connectivity index (χ3v) is 11.8. The highest BCUT2D eigenvalue weighted by Crippen LogP contribution is 2.28. The van der Waals surface area contributed by atoms with E-state index in [4.69, 9.17) is 0 Å². The molecule has 63 heavy (non-hydrogen) atoms. The molecule has 19 nitrogen and oxygen atoms in total. The number of aromatic nitrogens is 6. The van der Waals surface area contributed by atoms with Crippen molar-refractivity contribution in [1.29, 1.82) is 0 Å². The first-order valence-electron chi connectivity index (χ1n) is 19.8.